The molecule has 4 nitrogen and oxygen atoms in total. The van der Waals surface area contributed by atoms with Crippen LogP contribution in [0.5, 0.6) is 0 Å². The van der Waals surface area contributed by atoms with E-state index in [2.05, 4.69) is 11.4 Å². The van der Waals surface area contributed by atoms with Crippen molar-refractivity contribution in [1.29, 1.82) is 5.26 Å². The van der Waals surface area contributed by atoms with Crippen molar-refractivity contribution >= 4 is 11.6 Å². The first-order valence-corrected chi connectivity index (χ1v) is 8.25. The second-order valence-corrected chi connectivity index (χ2v) is 6.51. The molecule has 2 heterocycles. The van der Waals surface area contributed by atoms with E-state index in [1.165, 1.54) is 18.2 Å². The lowest BCUT2D eigenvalue weighted by Gasteiger charge is -2.56. The lowest BCUT2D eigenvalue weighted by atomic mass is 9.78. The van der Waals surface area contributed by atoms with Crippen LogP contribution in [-0.2, 0) is 4.79 Å². The normalized spacial score (nSPS) is 24.1. The van der Waals surface area contributed by atoms with Crippen molar-refractivity contribution in [3.05, 3.63) is 76.9 Å². The molecule has 0 aromatic heterocycles. The number of benzene rings is 2. The number of hydrogen-bond acceptors (Lipinski definition) is 3. The molecule has 3 atom stereocenters. The third-order valence-corrected chi connectivity index (χ3v) is 5.07. The first kappa shape index (κ1) is 16.3. The molecule has 2 aromatic rings. The number of nitrogens with zero attached hydrogens (tertiary/aromatic N) is 2. The SMILES string of the molecule is CC1C(c2ccc(F)cc2F)C2NC(c3ccc(C#N)cc3)=CC(=O)N12. The highest BCUT2D eigenvalue weighted by atomic mass is 19.1. The Bertz CT molecular complexity index is 962. The highest BCUT2D eigenvalue weighted by Gasteiger charge is 2.51. The molecule has 0 saturated carbocycles. The summed E-state index contributed by atoms with van der Waals surface area (Å²) >= 11 is 0. The van der Waals surface area contributed by atoms with Gasteiger partial charge in [0.15, 0.2) is 0 Å². The molecule has 2 aliphatic rings. The average Bonchev–Trinajstić information content (AvgIpc) is 2.63. The highest BCUT2D eigenvalue weighted by molar-refractivity contribution is 5.98. The highest BCUT2D eigenvalue weighted by Crippen LogP contribution is 2.43. The summed E-state index contributed by atoms with van der Waals surface area (Å²) in [6.45, 7) is 1.85. The second-order valence-electron chi connectivity index (χ2n) is 6.51. The van der Waals surface area contributed by atoms with Gasteiger partial charge >= 0.3 is 0 Å². The summed E-state index contributed by atoms with van der Waals surface area (Å²) in [5.41, 5.74) is 2.32. The maximum absolute atomic E-state index is 14.2. The number of rotatable bonds is 2. The van der Waals surface area contributed by atoms with Gasteiger partial charge in [-0.05, 0) is 36.2 Å². The first-order chi connectivity index (χ1) is 12.5. The lowest BCUT2D eigenvalue weighted by molar-refractivity contribution is -0.143. The summed E-state index contributed by atoms with van der Waals surface area (Å²) in [6, 6.07) is 12.3. The third-order valence-electron chi connectivity index (χ3n) is 5.07. The van der Waals surface area contributed by atoms with Crippen LogP contribution >= 0.6 is 0 Å². The van der Waals surface area contributed by atoms with Crippen molar-refractivity contribution in [2.75, 3.05) is 0 Å². The van der Waals surface area contributed by atoms with Gasteiger partial charge in [-0.25, -0.2) is 8.78 Å². The van der Waals surface area contributed by atoms with Gasteiger partial charge in [0, 0.05) is 29.8 Å². The van der Waals surface area contributed by atoms with Crippen molar-refractivity contribution in [2.24, 2.45) is 0 Å². The van der Waals surface area contributed by atoms with Crippen molar-refractivity contribution in [2.45, 2.75) is 25.0 Å². The van der Waals surface area contributed by atoms with Crippen LogP contribution in [0.15, 0.2) is 48.5 Å². The topological polar surface area (TPSA) is 56.1 Å². The van der Waals surface area contributed by atoms with Gasteiger partial charge in [0.05, 0.1) is 11.6 Å². The molecule has 3 unspecified atom stereocenters. The summed E-state index contributed by atoms with van der Waals surface area (Å²) in [6.07, 6.45) is 1.11. The molecule has 1 saturated heterocycles. The van der Waals surface area contributed by atoms with Crippen LogP contribution in [0.25, 0.3) is 5.70 Å². The number of amides is 1. The molecule has 1 N–H and O–H groups in total. The quantitative estimate of drug-likeness (QED) is 0.904. The molecule has 0 bridgehead atoms. The number of halogens is 2. The zero-order valence-corrected chi connectivity index (χ0v) is 13.9. The Morgan fingerprint density at radius 3 is 2.54 bits per heavy atom. The molecule has 1 amide bonds. The molecule has 0 aliphatic carbocycles. The molecule has 2 aromatic carbocycles. The Morgan fingerprint density at radius 2 is 1.88 bits per heavy atom. The van der Waals surface area contributed by atoms with E-state index in [1.807, 2.05) is 6.92 Å². The molecular formula is C20H15F2N3O. The fourth-order valence-corrected chi connectivity index (χ4v) is 3.75. The summed E-state index contributed by atoms with van der Waals surface area (Å²) in [4.78, 5) is 14.1. The van der Waals surface area contributed by atoms with E-state index in [0.29, 0.717) is 16.8 Å². The Labute approximate surface area is 149 Å². The van der Waals surface area contributed by atoms with Gasteiger partial charge in [0.1, 0.15) is 17.8 Å². The summed E-state index contributed by atoms with van der Waals surface area (Å²) in [5.74, 6) is -1.66. The second kappa shape index (κ2) is 5.95. The standard InChI is InChI=1S/C20H15F2N3O/c1-11-19(15-7-6-14(21)8-16(15)22)20-24-17(9-18(26)25(11)20)13-4-2-12(10-23)3-5-13/h2-9,11,19-20,24H,1H3. The van der Waals surface area contributed by atoms with E-state index < -0.39 is 17.8 Å². The van der Waals surface area contributed by atoms with E-state index in [4.69, 9.17) is 5.26 Å². The zero-order chi connectivity index (χ0) is 18.4. The smallest absolute Gasteiger partial charge is 0.250 e. The predicted molar refractivity (Wildman–Crippen MR) is 91.5 cm³/mol. The van der Waals surface area contributed by atoms with E-state index in [-0.39, 0.29) is 17.9 Å². The van der Waals surface area contributed by atoms with Gasteiger partial charge < -0.3 is 10.2 Å². The minimum Gasteiger partial charge on any atom is -0.364 e. The number of nitrogens with one attached hydrogen (secondary N) is 1. The monoisotopic (exact) mass is 351 g/mol. The van der Waals surface area contributed by atoms with Crippen LogP contribution in [0, 0.1) is 23.0 Å². The minimum atomic E-state index is -0.624. The van der Waals surface area contributed by atoms with Crippen molar-refractivity contribution in [3.63, 3.8) is 0 Å². The third kappa shape index (κ3) is 2.44. The molecule has 2 aliphatic heterocycles. The van der Waals surface area contributed by atoms with E-state index in [9.17, 15) is 13.6 Å². The molecule has 6 heteroatoms. The van der Waals surface area contributed by atoms with Crippen molar-refractivity contribution in [3.8, 4) is 6.07 Å². The van der Waals surface area contributed by atoms with E-state index in [0.717, 1.165) is 11.6 Å². The Kier molecular flexibility index (Phi) is 3.73. The molecule has 0 radical (unpaired) electrons. The van der Waals surface area contributed by atoms with Gasteiger partial charge in [0.2, 0.25) is 0 Å². The minimum absolute atomic E-state index is 0.153. The molecule has 1 fully saturated rings. The average molecular weight is 351 g/mol. The molecule has 26 heavy (non-hydrogen) atoms. The maximum atomic E-state index is 14.2. The summed E-state index contributed by atoms with van der Waals surface area (Å²) < 4.78 is 27.5. The van der Waals surface area contributed by atoms with E-state index in [1.54, 1.807) is 29.2 Å². The summed E-state index contributed by atoms with van der Waals surface area (Å²) in [5, 5.41) is 12.2. The Morgan fingerprint density at radius 1 is 1.15 bits per heavy atom. The van der Waals surface area contributed by atoms with Crippen LogP contribution in [0.3, 0.4) is 0 Å². The molecule has 130 valence electrons. The molecule has 0 spiro atoms. The number of nitriles is 1. The first-order valence-electron chi connectivity index (χ1n) is 8.25. The Hall–Kier alpha value is -3.20. The van der Waals surface area contributed by atoms with Crippen LogP contribution in [0.4, 0.5) is 8.78 Å². The number of carbonyl (C=O) groups excluding carboxylic acids is 1. The number of hydrogen-bond donors (Lipinski definition) is 1. The number of fused-ring (bicyclic) bond motifs is 1. The van der Waals surface area contributed by atoms with Crippen LogP contribution in [0.1, 0.15) is 29.5 Å². The zero-order valence-electron chi connectivity index (χ0n) is 13.9. The van der Waals surface area contributed by atoms with Crippen LogP contribution in [0.2, 0.25) is 0 Å². The van der Waals surface area contributed by atoms with Crippen molar-refractivity contribution in [1.82, 2.24) is 10.2 Å². The van der Waals surface area contributed by atoms with Gasteiger partial charge in [-0.15, -0.1) is 0 Å². The largest absolute Gasteiger partial charge is 0.364 e. The van der Waals surface area contributed by atoms with Gasteiger partial charge in [-0.2, -0.15) is 5.26 Å². The molecule has 4 rings (SSSR count). The maximum Gasteiger partial charge on any atom is 0.250 e. The summed E-state index contributed by atoms with van der Waals surface area (Å²) in [7, 11) is 0. The van der Waals surface area contributed by atoms with Crippen molar-refractivity contribution < 1.29 is 13.6 Å². The predicted octanol–water partition coefficient (Wildman–Crippen LogP) is 3.12. The van der Waals surface area contributed by atoms with Gasteiger partial charge in [-0.3, -0.25) is 4.79 Å². The fourth-order valence-electron chi connectivity index (χ4n) is 3.75. The van der Waals surface area contributed by atoms with Crippen LogP contribution < -0.4 is 5.32 Å². The lowest BCUT2D eigenvalue weighted by Crippen LogP contribution is -2.69. The van der Waals surface area contributed by atoms with Gasteiger partial charge in [0.25, 0.3) is 5.91 Å². The fraction of sp³-hybridized carbons (Fsp3) is 0.200. The van der Waals surface area contributed by atoms with Crippen LogP contribution in [-0.4, -0.2) is 23.0 Å². The number of carbonyl (C=O) groups is 1. The van der Waals surface area contributed by atoms with E-state index >= 15 is 0 Å². The van der Waals surface area contributed by atoms with Gasteiger partial charge in [-0.1, -0.05) is 18.2 Å². The Balaban J connectivity index is 1.66. The molecular weight excluding hydrogens is 336 g/mol.